The minimum atomic E-state index is 0.120. The predicted octanol–water partition coefficient (Wildman–Crippen LogP) is 4.49. The number of nitrogens with zero attached hydrogens (tertiary/aromatic N) is 7. The first kappa shape index (κ1) is 22.5. The first-order valence-electron chi connectivity index (χ1n) is 12.9. The Labute approximate surface area is 211 Å². The minimum absolute atomic E-state index is 0.120. The molecule has 0 bridgehead atoms. The van der Waals surface area contributed by atoms with Crippen molar-refractivity contribution in [1.82, 2.24) is 19.3 Å². The smallest absolute Gasteiger partial charge is 0.157 e. The molecule has 0 saturated carbocycles. The van der Waals surface area contributed by atoms with E-state index in [-0.39, 0.29) is 5.92 Å². The molecule has 0 atom stereocenters. The molecule has 180 valence electrons. The quantitative estimate of drug-likeness (QED) is 0.423. The number of aryl methyl sites for hydroxylation is 1. The number of rotatable bonds is 5. The summed E-state index contributed by atoms with van der Waals surface area (Å²) < 4.78 is 2.22. The highest BCUT2D eigenvalue weighted by molar-refractivity contribution is 5.86. The average Bonchev–Trinajstić information content (AvgIpc) is 3.31. The van der Waals surface area contributed by atoms with Crippen LogP contribution in [-0.2, 0) is 19.4 Å². The third-order valence-corrected chi connectivity index (χ3v) is 7.74. The highest BCUT2D eigenvalue weighted by atomic mass is 15.3. The van der Waals surface area contributed by atoms with E-state index >= 15 is 0 Å². The first-order valence-corrected chi connectivity index (χ1v) is 12.9. The van der Waals surface area contributed by atoms with E-state index in [0.717, 1.165) is 87.1 Å². The van der Waals surface area contributed by atoms with Gasteiger partial charge in [-0.2, -0.15) is 10.5 Å². The van der Waals surface area contributed by atoms with Gasteiger partial charge in [0.15, 0.2) is 5.65 Å². The van der Waals surface area contributed by atoms with Crippen LogP contribution in [0.1, 0.15) is 41.5 Å². The Morgan fingerprint density at radius 1 is 1.00 bits per heavy atom. The fraction of sp³-hybridized carbons (Fsp3) is 0.379. The van der Waals surface area contributed by atoms with Gasteiger partial charge in [-0.25, -0.2) is 4.98 Å². The van der Waals surface area contributed by atoms with Crippen LogP contribution >= 0.6 is 0 Å². The minimum Gasteiger partial charge on any atom is -0.357 e. The SMILES string of the molecule is N#Cc1c2c(c(N3CCC(C#N)CC3)n3c1nc1ccccc13)CN(CCCc1cccnc1)CC2. The second kappa shape index (κ2) is 9.60. The monoisotopic (exact) mass is 475 g/mol. The molecule has 0 amide bonds. The van der Waals surface area contributed by atoms with Crippen molar-refractivity contribution in [3.8, 4) is 12.1 Å². The highest BCUT2D eigenvalue weighted by Gasteiger charge is 2.31. The van der Waals surface area contributed by atoms with Crippen LogP contribution < -0.4 is 4.90 Å². The molecule has 0 unspecified atom stereocenters. The second-order valence-corrected chi connectivity index (χ2v) is 9.91. The zero-order chi connectivity index (χ0) is 24.5. The molecule has 1 saturated heterocycles. The van der Waals surface area contributed by atoms with Gasteiger partial charge in [-0.1, -0.05) is 18.2 Å². The van der Waals surface area contributed by atoms with Crippen LogP contribution in [0.15, 0.2) is 48.8 Å². The third kappa shape index (κ3) is 3.96. The summed E-state index contributed by atoms with van der Waals surface area (Å²) in [4.78, 5) is 14.1. The van der Waals surface area contributed by atoms with Crippen molar-refractivity contribution >= 4 is 22.5 Å². The van der Waals surface area contributed by atoms with Crippen molar-refractivity contribution in [1.29, 1.82) is 10.5 Å². The standard InChI is InChI=1S/C29H29N7/c30-17-21-9-15-35(16-10-21)29-25-20-34(13-4-6-22-5-3-12-32-19-22)14-11-23(25)24(18-31)28-33-26-7-1-2-8-27(26)36(28)29/h1-3,5,7-8,12,19,21H,4,6,9-11,13-16,20H2. The summed E-state index contributed by atoms with van der Waals surface area (Å²) in [5.74, 6) is 1.29. The van der Waals surface area contributed by atoms with Crippen molar-refractivity contribution < 1.29 is 0 Å². The lowest BCUT2D eigenvalue weighted by atomic mass is 9.93. The summed E-state index contributed by atoms with van der Waals surface area (Å²) in [5.41, 5.74) is 7.11. The maximum absolute atomic E-state index is 10.2. The summed E-state index contributed by atoms with van der Waals surface area (Å²) in [7, 11) is 0. The molecule has 0 radical (unpaired) electrons. The Balaban J connectivity index is 1.41. The van der Waals surface area contributed by atoms with Gasteiger partial charge in [-0.15, -0.1) is 0 Å². The maximum Gasteiger partial charge on any atom is 0.157 e. The molecule has 5 heterocycles. The Bertz CT molecular complexity index is 1480. The predicted molar refractivity (Wildman–Crippen MR) is 140 cm³/mol. The summed E-state index contributed by atoms with van der Waals surface area (Å²) in [6.45, 7) is 4.47. The molecule has 1 aromatic carbocycles. The molecule has 7 nitrogen and oxygen atoms in total. The Kier molecular flexibility index (Phi) is 6.01. The molecule has 6 rings (SSSR count). The van der Waals surface area contributed by atoms with Gasteiger partial charge < -0.3 is 4.90 Å². The molecule has 4 aromatic rings. The largest absolute Gasteiger partial charge is 0.357 e. The zero-order valence-corrected chi connectivity index (χ0v) is 20.4. The molecule has 3 aromatic heterocycles. The number of pyridine rings is 2. The number of piperidine rings is 1. The Morgan fingerprint density at radius 2 is 1.86 bits per heavy atom. The summed E-state index contributed by atoms with van der Waals surface area (Å²) in [5, 5.41) is 19.7. The van der Waals surface area contributed by atoms with E-state index in [1.165, 1.54) is 16.9 Å². The normalized spacial score (nSPS) is 16.7. The van der Waals surface area contributed by atoms with Gasteiger partial charge >= 0.3 is 0 Å². The molecular weight excluding hydrogens is 446 g/mol. The molecule has 36 heavy (non-hydrogen) atoms. The number of hydrogen-bond acceptors (Lipinski definition) is 6. The van der Waals surface area contributed by atoms with Gasteiger partial charge in [0.1, 0.15) is 11.9 Å². The van der Waals surface area contributed by atoms with E-state index in [0.29, 0.717) is 5.56 Å². The number of hydrogen-bond donors (Lipinski definition) is 0. The van der Waals surface area contributed by atoms with Crippen LogP contribution in [0, 0.1) is 28.6 Å². The van der Waals surface area contributed by atoms with Gasteiger partial charge in [-0.05, 0) is 68.0 Å². The highest BCUT2D eigenvalue weighted by Crippen LogP contribution is 2.38. The average molecular weight is 476 g/mol. The van der Waals surface area contributed by atoms with Gasteiger partial charge in [0.25, 0.3) is 0 Å². The Morgan fingerprint density at radius 3 is 2.64 bits per heavy atom. The fourth-order valence-corrected chi connectivity index (χ4v) is 5.89. The van der Waals surface area contributed by atoms with Crippen LogP contribution in [0.25, 0.3) is 16.7 Å². The van der Waals surface area contributed by atoms with E-state index < -0.39 is 0 Å². The van der Waals surface area contributed by atoms with Crippen molar-refractivity contribution in [2.24, 2.45) is 5.92 Å². The second-order valence-electron chi connectivity index (χ2n) is 9.91. The van der Waals surface area contributed by atoms with Crippen LogP contribution in [0.2, 0.25) is 0 Å². The molecule has 0 N–H and O–H groups in total. The number of nitriles is 2. The van der Waals surface area contributed by atoms with Crippen molar-refractivity contribution in [2.45, 2.75) is 38.6 Å². The topological polar surface area (TPSA) is 84.2 Å². The van der Waals surface area contributed by atoms with Gasteiger partial charge in [0.2, 0.25) is 0 Å². The third-order valence-electron chi connectivity index (χ3n) is 7.74. The molecule has 1 fully saturated rings. The molecule has 0 spiro atoms. The van der Waals surface area contributed by atoms with Crippen LogP contribution in [-0.4, -0.2) is 45.4 Å². The summed E-state index contributed by atoms with van der Waals surface area (Å²) in [6.07, 6.45) is 8.45. The zero-order valence-electron chi connectivity index (χ0n) is 20.4. The fourth-order valence-electron chi connectivity index (χ4n) is 5.89. The molecule has 0 aliphatic carbocycles. The van der Waals surface area contributed by atoms with E-state index in [4.69, 9.17) is 4.98 Å². The summed E-state index contributed by atoms with van der Waals surface area (Å²) in [6, 6.07) is 17.3. The van der Waals surface area contributed by atoms with Gasteiger partial charge in [-0.3, -0.25) is 14.3 Å². The summed E-state index contributed by atoms with van der Waals surface area (Å²) >= 11 is 0. The van der Waals surface area contributed by atoms with Crippen LogP contribution in [0.4, 0.5) is 5.82 Å². The molecule has 7 heteroatoms. The molecular formula is C29H29N7. The number of aromatic nitrogens is 3. The van der Waals surface area contributed by atoms with Gasteiger partial charge in [0.05, 0.1) is 22.7 Å². The number of imidazole rings is 1. The van der Waals surface area contributed by atoms with Crippen molar-refractivity contribution in [3.05, 3.63) is 71.0 Å². The number of anilines is 1. The van der Waals surface area contributed by atoms with E-state index in [2.05, 4.69) is 43.5 Å². The molecule has 2 aliphatic rings. The lowest BCUT2D eigenvalue weighted by molar-refractivity contribution is 0.250. The van der Waals surface area contributed by atoms with Gasteiger partial charge in [0, 0.05) is 50.1 Å². The lowest BCUT2D eigenvalue weighted by Crippen LogP contribution is -2.38. The van der Waals surface area contributed by atoms with E-state index in [9.17, 15) is 10.5 Å². The van der Waals surface area contributed by atoms with Crippen molar-refractivity contribution in [2.75, 3.05) is 31.1 Å². The lowest BCUT2D eigenvalue weighted by Gasteiger charge is -2.37. The Hall–Kier alpha value is -3.94. The van der Waals surface area contributed by atoms with E-state index in [1.54, 1.807) is 0 Å². The van der Waals surface area contributed by atoms with Crippen LogP contribution in [0.3, 0.4) is 0 Å². The van der Waals surface area contributed by atoms with E-state index in [1.807, 2.05) is 36.7 Å². The van der Waals surface area contributed by atoms with Crippen molar-refractivity contribution in [3.63, 3.8) is 0 Å². The first-order chi connectivity index (χ1) is 17.8. The molecule has 2 aliphatic heterocycles. The number of fused-ring (bicyclic) bond motifs is 4. The maximum atomic E-state index is 10.2. The number of benzene rings is 1. The number of para-hydroxylation sites is 2. The van der Waals surface area contributed by atoms with Crippen LogP contribution in [0.5, 0.6) is 0 Å².